The van der Waals surface area contributed by atoms with E-state index < -0.39 is 0 Å². The van der Waals surface area contributed by atoms with Crippen molar-refractivity contribution in [3.05, 3.63) is 0 Å². The molecule has 1 heterocycles. The van der Waals surface area contributed by atoms with Crippen molar-refractivity contribution in [3.8, 4) is 0 Å². The molecule has 1 aliphatic carbocycles. The number of hydrogen-bond acceptors (Lipinski definition) is 2. The summed E-state index contributed by atoms with van der Waals surface area (Å²) in [6, 6.07) is 0. The van der Waals surface area contributed by atoms with E-state index >= 15 is 0 Å². The van der Waals surface area contributed by atoms with Crippen molar-refractivity contribution in [1.82, 2.24) is 4.90 Å². The highest BCUT2D eigenvalue weighted by Crippen LogP contribution is 2.32. The fourth-order valence-corrected chi connectivity index (χ4v) is 2.72. The van der Waals surface area contributed by atoms with Gasteiger partial charge in [-0.05, 0) is 37.6 Å². The average Bonchev–Trinajstić information content (AvgIpc) is 2.46. The molecule has 0 aromatic rings. The van der Waals surface area contributed by atoms with Crippen LogP contribution >= 0.6 is 0 Å². The monoisotopic (exact) mass is 210 g/mol. The van der Waals surface area contributed by atoms with Crippen molar-refractivity contribution in [3.63, 3.8) is 0 Å². The van der Waals surface area contributed by atoms with Crippen molar-refractivity contribution in [2.75, 3.05) is 19.6 Å². The van der Waals surface area contributed by atoms with E-state index in [1.165, 1.54) is 6.42 Å². The molecule has 0 spiro atoms. The van der Waals surface area contributed by atoms with Gasteiger partial charge in [0, 0.05) is 19.0 Å². The quantitative estimate of drug-likeness (QED) is 0.761. The Labute approximate surface area is 92.0 Å². The minimum Gasteiger partial charge on any atom is -0.342 e. The molecule has 0 bridgehead atoms. The number of hydrogen-bond donors (Lipinski definition) is 1. The van der Waals surface area contributed by atoms with E-state index in [-0.39, 0.29) is 0 Å². The number of nitrogens with zero attached hydrogens (tertiary/aromatic N) is 1. The van der Waals surface area contributed by atoms with Crippen molar-refractivity contribution >= 4 is 5.91 Å². The molecular weight excluding hydrogens is 188 g/mol. The first-order valence-electron chi connectivity index (χ1n) is 6.21. The zero-order valence-electron chi connectivity index (χ0n) is 9.61. The molecule has 0 radical (unpaired) electrons. The second-order valence-corrected chi connectivity index (χ2v) is 5.19. The highest BCUT2D eigenvalue weighted by atomic mass is 16.2. The Morgan fingerprint density at radius 2 is 2.13 bits per heavy atom. The van der Waals surface area contributed by atoms with Crippen LogP contribution in [0, 0.1) is 17.8 Å². The Kier molecular flexibility index (Phi) is 3.29. The number of likely N-dealkylation sites (tertiary alicyclic amines) is 1. The smallest absolute Gasteiger partial charge is 0.225 e. The summed E-state index contributed by atoms with van der Waals surface area (Å²) in [7, 11) is 0. The maximum absolute atomic E-state index is 12.0. The molecule has 1 saturated carbocycles. The molecule has 2 fully saturated rings. The van der Waals surface area contributed by atoms with E-state index in [0.29, 0.717) is 23.7 Å². The SMILES string of the molecule is C[C@@H]1CN(C(=O)C2CCC2)C[C@H]1CCN. The van der Waals surface area contributed by atoms with Crippen LogP contribution in [-0.4, -0.2) is 30.4 Å². The zero-order chi connectivity index (χ0) is 10.8. The van der Waals surface area contributed by atoms with Crippen LogP contribution in [0.5, 0.6) is 0 Å². The number of amides is 1. The molecular formula is C12H22N2O. The first-order valence-corrected chi connectivity index (χ1v) is 6.21. The van der Waals surface area contributed by atoms with E-state index in [0.717, 1.165) is 38.9 Å². The van der Waals surface area contributed by atoms with Gasteiger partial charge >= 0.3 is 0 Å². The second-order valence-electron chi connectivity index (χ2n) is 5.19. The van der Waals surface area contributed by atoms with Crippen molar-refractivity contribution in [2.45, 2.75) is 32.6 Å². The summed E-state index contributed by atoms with van der Waals surface area (Å²) in [5.41, 5.74) is 5.59. The Hall–Kier alpha value is -0.570. The van der Waals surface area contributed by atoms with Gasteiger partial charge in [-0.2, -0.15) is 0 Å². The third kappa shape index (κ3) is 2.17. The van der Waals surface area contributed by atoms with E-state index in [2.05, 4.69) is 11.8 Å². The predicted molar refractivity (Wildman–Crippen MR) is 60.2 cm³/mol. The van der Waals surface area contributed by atoms with E-state index in [9.17, 15) is 4.79 Å². The standard InChI is InChI=1S/C12H22N2O/c1-9-7-14(8-11(9)5-6-13)12(15)10-3-2-4-10/h9-11H,2-8,13H2,1H3/t9-,11-/m1/s1. The number of nitrogens with two attached hydrogens (primary N) is 1. The third-order valence-corrected chi connectivity index (χ3v) is 4.07. The second kappa shape index (κ2) is 4.52. The van der Waals surface area contributed by atoms with Crippen molar-refractivity contribution < 1.29 is 4.79 Å². The molecule has 15 heavy (non-hydrogen) atoms. The van der Waals surface area contributed by atoms with Gasteiger partial charge in [0.1, 0.15) is 0 Å². The molecule has 0 aromatic carbocycles. The molecule has 1 amide bonds. The van der Waals surface area contributed by atoms with Gasteiger partial charge in [-0.3, -0.25) is 4.79 Å². The van der Waals surface area contributed by atoms with Crippen LogP contribution in [0.1, 0.15) is 32.6 Å². The molecule has 3 heteroatoms. The lowest BCUT2D eigenvalue weighted by molar-refractivity contribution is -0.137. The predicted octanol–water partition coefficient (Wildman–Crippen LogP) is 1.23. The molecule has 0 unspecified atom stereocenters. The van der Waals surface area contributed by atoms with Gasteiger partial charge in [-0.15, -0.1) is 0 Å². The van der Waals surface area contributed by atoms with E-state index in [1.807, 2.05) is 0 Å². The van der Waals surface area contributed by atoms with Gasteiger partial charge in [0.15, 0.2) is 0 Å². The Bertz CT molecular complexity index is 238. The van der Waals surface area contributed by atoms with Gasteiger partial charge in [-0.25, -0.2) is 0 Å². The molecule has 2 N–H and O–H groups in total. The van der Waals surface area contributed by atoms with Crippen LogP contribution in [0.25, 0.3) is 0 Å². The molecule has 0 aromatic heterocycles. The van der Waals surface area contributed by atoms with Gasteiger partial charge in [-0.1, -0.05) is 13.3 Å². The number of rotatable bonds is 3. The summed E-state index contributed by atoms with van der Waals surface area (Å²) < 4.78 is 0. The van der Waals surface area contributed by atoms with Gasteiger partial charge in [0.25, 0.3) is 0 Å². The zero-order valence-corrected chi connectivity index (χ0v) is 9.61. The van der Waals surface area contributed by atoms with Gasteiger partial charge < -0.3 is 10.6 Å². The lowest BCUT2D eigenvalue weighted by Crippen LogP contribution is -2.37. The van der Waals surface area contributed by atoms with Crippen molar-refractivity contribution in [1.29, 1.82) is 0 Å². The van der Waals surface area contributed by atoms with Crippen LogP contribution in [0.3, 0.4) is 0 Å². The largest absolute Gasteiger partial charge is 0.342 e. The van der Waals surface area contributed by atoms with Crippen LogP contribution < -0.4 is 5.73 Å². The minimum atomic E-state index is 0.355. The molecule has 86 valence electrons. The maximum atomic E-state index is 12.0. The van der Waals surface area contributed by atoms with Crippen molar-refractivity contribution in [2.24, 2.45) is 23.5 Å². The maximum Gasteiger partial charge on any atom is 0.225 e. The number of carbonyl (C=O) groups is 1. The Balaban J connectivity index is 1.87. The summed E-state index contributed by atoms with van der Waals surface area (Å²) in [4.78, 5) is 14.1. The Morgan fingerprint density at radius 1 is 1.40 bits per heavy atom. The highest BCUT2D eigenvalue weighted by Gasteiger charge is 2.36. The summed E-state index contributed by atoms with van der Waals surface area (Å²) in [5, 5.41) is 0. The summed E-state index contributed by atoms with van der Waals surface area (Å²) >= 11 is 0. The molecule has 1 saturated heterocycles. The molecule has 2 rings (SSSR count). The van der Waals surface area contributed by atoms with Crippen LogP contribution in [0.15, 0.2) is 0 Å². The lowest BCUT2D eigenvalue weighted by atomic mass is 9.84. The molecule has 1 aliphatic heterocycles. The van der Waals surface area contributed by atoms with Crippen LogP contribution in [0.4, 0.5) is 0 Å². The lowest BCUT2D eigenvalue weighted by Gasteiger charge is -2.29. The van der Waals surface area contributed by atoms with Gasteiger partial charge in [0.05, 0.1) is 0 Å². The van der Waals surface area contributed by atoms with Gasteiger partial charge in [0.2, 0.25) is 5.91 Å². The normalized spacial score (nSPS) is 31.7. The average molecular weight is 210 g/mol. The minimum absolute atomic E-state index is 0.355. The highest BCUT2D eigenvalue weighted by molar-refractivity contribution is 5.79. The summed E-state index contributed by atoms with van der Waals surface area (Å²) in [6.45, 7) is 4.91. The van der Waals surface area contributed by atoms with Crippen LogP contribution in [-0.2, 0) is 4.79 Å². The topological polar surface area (TPSA) is 46.3 Å². The first kappa shape index (κ1) is 10.9. The molecule has 3 nitrogen and oxygen atoms in total. The summed E-state index contributed by atoms with van der Waals surface area (Å²) in [5.74, 6) is 2.04. The first-order chi connectivity index (χ1) is 7.22. The summed E-state index contributed by atoms with van der Waals surface area (Å²) in [6.07, 6.45) is 4.54. The van der Waals surface area contributed by atoms with Crippen LogP contribution in [0.2, 0.25) is 0 Å². The fourth-order valence-electron chi connectivity index (χ4n) is 2.72. The Morgan fingerprint density at radius 3 is 2.67 bits per heavy atom. The van der Waals surface area contributed by atoms with E-state index in [4.69, 9.17) is 5.73 Å². The fraction of sp³-hybridized carbons (Fsp3) is 0.917. The molecule has 2 aliphatic rings. The van der Waals surface area contributed by atoms with E-state index in [1.54, 1.807) is 0 Å². The number of carbonyl (C=O) groups excluding carboxylic acids is 1. The molecule has 2 atom stereocenters. The third-order valence-electron chi connectivity index (χ3n) is 4.07.